The molecule has 4 aliphatic carbocycles. The van der Waals surface area contributed by atoms with Gasteiger partial charge < -0.3 is 10.1 Å². The lowest BCUT2D eigenvalue weighted by Gasteiger charge is -2.59. The van der Waals surface area contributed by atoms with E-state index in [0.717, 1.165) is 24.3 Å². The Kier molecular flexibility index (Phi) is 4.25. The first-order valence-electron chi connectivity index (χ1n) is 8.28. The second kappa shape index (κ2) is 5.73. The minimum atomic E-state index is -4.22. The lowest BCUT2D eigenvalue weighted by molar-refractivity contribution is -0.181. The first kappa shape index (κ1) is 15.6. The van der Waals surface area contributed by atoms with Crippen LogP contribution in [0.3, 0.4) is 0 Å². The maximum atomic E-state index is 12.3. The van der Waals surface area contributed by atoms with Crippen LogP contribution in [-0.4, -0.2) is 32.0 Å². The normalized spacial score (nSPS) is 39.7. The van der Waals surface area contributed by atoms with E-state index < -0.39 is 12.8 Å². The van der Waals surface area contributed by atoms with E-state index in [-0.39, 0.29) is 18.1 Å². The monoisotopic (exact) mass is 305 g/mol. The van der Waals surface area contributed by atoms with Gasteiger partial charge in [0, 0.05) is 6.04 Å². The Morgan fingerprint density at radius 1 is 1.10 bits per heavy atom. The average Bonchev–Trinajstić information content (AvgIpc) is 2.34. The van der Waals surface area contributed by atoms with Crippen molar-refractivity contribution in [1.82, 2.24) is 5.32 Å². The molecule has 4 bridgehead atoms. The Morgan fingerprint density at radius 3 is 2.05 bits per heavy atom. The summed E-state index contributed by atoms with van der Waals surface area (Å²) in [6.07, 6.45) is 3.38. The summed E-state index contributed by atoms with van der Waals surface area (Å²) in [5, 5.41) is 3.43. The Bertz CT molecular complexity index is 334. The highest BCUT2D eigenvalue weighted by Crippen LogP contribution is 2.61. The van der Waals surface area contributed by atoms with E-state index in [4.69, 9.17) is 4.74 Å². The lowest BCUT2D eigenvalue weighted by Crippen LogP contribution is -2.57. The van der Waals surface area contributed by atoms with Crippen LogP contribution in [0, 0.1) is 23.2 Å². The summed E-state index contributed by atoms with van der Waals surface area (Å²) >= 11 is 0. The van der Waals surface area contributed by atoms with Gasteiger partial charge in [-0.25, -0.2) is 0 Å². The van der Waals surface area contributed by atoms with Gasteiger partial charge in [-0.2, -0.15) is 13.2 Å². The molecule has 5 heteroatoms. The average molecular weight is 305 g/mol. The van der Waals surface area contributed by atoms with Gasteiger partial charge in [0.15, 0.2) is 0 Å². The van der Waals surface area contributed by atoms with Crippen LogP contribution in [0.1, 0.15) is 45.4 Å². The van der Waals surface area contributed by atoms with Crippen molar-refractivity contribution >= 4 is 0 Å². The van der Waals surface area contributed by atoms with Gasteiger partial charge in [0.2, 0.25) is 0 Å². The molecule has 0 aromatic heterocycles. The maximum absolute atomic E-state index is 12.3. The molecule has 1 unspecified atom stereocenters. The highest BCUT2D eigenvalue weighted by atomic mass is 19.4. The topological polar surface area (TPSA) is 21.3 Å². The van der Waals surface area contributed by atoms with Crippen molar-refractivity contribution in [3.05, 3.63) is 0 Å². The molecule has 0 aliphatic heterocycles. The van der Waals surface area contributed by atoms with E-state index in [1.54, 1.807) is 0 Å². The number of hydrogen-bond acceptors (Lipinski definition) is 2. The summed E-state index contributed by atoms with van der Waals surface area (Å²) in [6, 6.07) is 0.0817. The summed E-state index contributed by atoms with van der Waals surface area (Å²) in [5.41, 5.74) is 0.191. The second-order valence-corrected chi connectivity index (χ2v) is 7.52. The van der Waals surface area contributed by atoms with Crippen LogP contribution in [-0.2, 0) is 4.74 Å². The zero-order valence-electron chi connectivity index (χ0n) is 12.7. The Morgan fingerprint density at radius 2 is 1.62 bits per heavy atom. The summed E-state index contributed by atoms with van der Waals surface area (Å²) in [5.74, 6) is 2.42. The Labute approximate surface area is 124 Å². The molecular formula is C16H26F3NO. The fourth-order valence-electron chi connectivity index (χ4n) is 5.60. The highest BCUT2D eigenvalue weighted by molar-refractivity contribution is 5.06. The minimum absolute atomic E-state index is 0.0817. The quantitative estimate of drug-likeness (QED) is 0.807. The molecule has 4 rings (SSSR count). The van der Waals surface area contributed by atoms with Crippen LogP contribution in [0.5, 0.6) is 0 Å². The van der Waals surface area contributed by atoms with Gasteiger partial charge in [-0.15, -0.1) is 0 Å². The molecule has 2 nitrogen and oxygen atoms in total. The van der Waals surface area contributed by atoms with Gasteiger partial charge in [-0.3, -0.25) is 0 Å². The summed E-state index contributed by atoms with van der Waals surface area (Å²) < 4.78 is 41.9. The molecule has 0 radical (unpaired) electrons. The summed E-state index contributed by atoms with van der Waals surface area (Å²) in [4.78, 5) is 0. The molecule has 21 heavy (non-hydrogen) atoms. The van der Waals surface area contributed by atoms with Crippen LogP contribution in [0.15, 0.2) is 0 Å². The number of likely N-dealkylation sites (N-methyl/N-ethyl adjacent to an activating group) is 1. The Hall–Kier alpha value is -0.290. The maximum Gasteiger partial charge on any atom is 0.411 e. The molecule has 0 saturated heterocycles. The highest BCUT2D eigenvalue weighted by Gasteiger charge is 2.54. The Balaban J connectivity index is 1.65. The second-order valence-electron chi connectivity index (χ2n) is 7.52. The molecule has 0 spiro atoms. The van der Waals surface area contributed by atoms with Crippen LogP contribution >= 0.6 is 0 Å². The lowest BCUT2D eigenvalue weighted by atomic mass is 9.47. The molecule has 4 aliphatic rings. The third-order valence-electron chi connectivity index (χ3n) is 5.83. The number of ether oxygens (including phenoxy) is 1. The molecular weight excluding hydrogens is 279 g/mol. The van der Waals surface area contributed by atoms with Crippen molar-refractivity contribution in [1.29, 1.82) is 0 Å². The fraction of sp³-hybridized carbons (Fsp3) is 1.00. The van der Waals surface area contributed by atoms with E-state index in [0.29, 0.717) is 0 Å². The zero-order chi connectivity index (χ0) is 15.1. The summed E-state index contributed by atoms with van der Waals surface area (Å²) in [6.45, 7) is 1.89. The molecule has 4 fully saturated rings. The van der Waals surface area contributed by atoms with Gasteiger partial charge in [0.25, 0.3) is 0 Å². The van der Waals surface area contributed by atoms with E-state index in [9.17, 15) is 13.2 Å². The molecule has 4 saturated carbocycles. The standard InChI is InChI=1S/C16H26F3NO/c1-2-20-14(9-21-10-16(17,18)19)15-6-11-3-12(7-15)5-13(4-11)8-15/h11-14,20H,2-10H2,1H3. The van der Waals surface area contributed by atoms with Gasteiger partial charge in [-0.05, 0) is 68.2 Å². The van der Waals surface area contributed by atoms with Crippen molar-refractivity contribution < 1.29 is 17.9 Å². The van der Waals surface area contributed by atoms with E-state index in [1.165, 1.54) is 38.5 Å². The van der Waals surface area contributed by atoms with Gasteiger partial charge >= 0.3 is 6.18 Å². The van der Waals surface area contributed by atoms with Crippen LogP contribution in [0.25, 0.3) is 0 Å². The van der Waals surface area contributed by atoms with Crippen LogP contribution in [0.2, 0.25) is 0 Å². The van der Waals surface area contributed by atoms with Crippen molar-refractivity contribution in [3.63, 3.8) is 0 Å². The smallest absolute Gasteiger partial charge is 0.370 e. The number of halogens is 3. The predicted octanol–water partition coefficient (Wildman–Crippen LogP) is 3.76. The van der Waals surface area contributed by atoms with Crippen LogP contribution < -0.4 is 5.32 Å². The molecule has 1 N–H and O–H groups in total. The van der Waals surface area contributed by atoms with E-state index in [2.05, 4.69) is 5.32 Å². The molecule has 0 aromatic rings. The molecule has 0 aromatic carbocycles. The largest absolute Gasteiger partial charge is 0.411 e. The van der Waals surface area contributed by atoms with Crippen molar-refractivity contribution in [2.45, 2.75) is 57.7 Å². The number of alkyl halides is 3. The first-order valence-corrected chi connectivity index (χ1v) is 8.28. The molecule has 122 valence electrons. The van der Waals surface area contributed by atoms with E-state index in [1.807, 2.05) is 6.92 Å². The first-order chi connectivity index (χ1) is 9.90. The third-order valence-corrected chi connectivity index (χ3v) is 5.83. The molecule has 0 amide bonds. The fourth-order valence-corrected chi connectivity index (χ4v) is 5.60. The van der Waals surface area contributed by atoms with Crippen molar-refractivity contribution in [3.8, 4) is 0 Å². The molecule has 1 atom stereocenters. The minimum Gasteiger partial charge on any atom is -0.370 e. The predicted molar refractivity (Wildman–Crippen MR) is 74.9 cm³/mol. The van der Waals surface area contributed by atoms with E-state index >= 15 is 0 Å². The van der Waals surface area contributed by atoms with Crippen LogP contribution in [0.4, 0.5) is 13.2 Å². The van der Waals surface area contributed by atoms with Gasteiger partial charge in [0.05, 0.1) is 6.61 Å². The third kappa shape index (κ3) is 3.39. The summed E-state index contributed by atoms with van der Waals surface area (Å²) in [7, 11) is 0. The number of nitrogens with one attached hydrogen (secondary N) is 1. The van der Waals surface area contributed by atoms with Crippen molar-refractivity contribution in [2.75, 3.05) is 19.8 Å². The molecule has 0 heterocycles. The SMILES string of the molecule is CCNC(COCC(F)(F)F)C12CC3CC(CC(C3)C1)C2. The number of rotatable bonds is 6. The van der Waals surface area contributed by atoms with Gasteiger partial charge in [-0.1, -0.05) is 6.92 Å². The zero-order valence-corrected chi connectivity index (χ0v) is 12.7. The van der Waals surface area contributed by atoms with Gasteiger partial charge in [0.1, 0.15) is 6.61 Å². The van der Waals surface area contributed by atoms with Crippen molar-refractivity contribution in [2.24, 2.45) is 23.2 Å². The number of hydrogen-bond donors (Lipinski definition) is 1.